The molecule has 0 atom stereocenters. The van der Waals surface area contributed by atoms with Gasteiger partial charge in [0.15, 0.2) is 0 Å². The van der Waals surface area contributed by atoms with Gasteiger partial charge >= 0.3 is 0 Å². The molecular formula is C17H23N3O. The van der Waals surface area contributed by atoms with E-state index in [4.69, 9.17) is 4.74 Å². The number of hydrogen-bond acceptors (Lipinski definition) is 3. The number of rotatable bonds is 6. The first-order valence-electron chi connectivity index (χ1n) is 7.64. The zero-order valence-electron chi connectivity index (χ0n) is 13.0. The molecule has 2 aromatic rings. The zero-order valence-corrected chi connectivity index (χ0v) is 13.0. The topological polar surface area (TPSA) is 39.1 Å². The van der Waals surface area contributed by atoms with Crippen LogP contribution in [0.1, 0.15) is 43.9 Å². The summed E-state index contributed by atoms with van der Waals surface area (Å²) < 4.78 is 7.50. The lowest BCUT2D eigenvalue weighted by molar-refractivity contribution is 0.411. The van der Waals surface area contributed by atoms with Crippen molar-refractivity contribution in [2.75, 3.05) is 7.11 Å². The molecule has 0 unspecified atom stereocenters. The van der Waals surface area contributed by atoms with Crippen LogP contribution in [0.2, 0.25) is 0 Å². The summed E-state index contributed by atoms with van der Waals surface area (Å²) in [6.07, 6.45) is 4.59. The quantitative estimate of drug-likeness (QED) is 0.885. The fourth-order valence-corrected chi connectivity index (χ4v) is 2.68. The summed E-state index contributed by atoms with van der Waals surface area (Å²) in [5.74, 6) is 1.26. The summed E-state index contributed by atoms with van der Waals surface area (Å²) in [5, 5.41) is 8.19. The molecule has 1 heterocycles. The first-order valence-corrected chi connectivity index (χ1v) is 7.64. The number of para-hydroxylation sites is 2. The van der Waals surface area contributed by atoms with Gasteiger partial charge < -0.3 is 10.1 Å². The highest BCUT2D eigenvalue weighted by molar-refractivity contribution is 5.48. The van der Waals surface area contributed by atoms with E-state index in [2.05, 4.69) is 30.3 Å². The van der Waals surface area contributed by atoms with Gasteiger partial charge in [0.1, 0.15) is 11.4 Å². The Labute approximate surface area is 126 Å². The predicted octanol–water partition coefficient (Wildman–Crippen LogP) is 3.26. The van der Waals surface area contributed by atoms with E-state index < -0.39 is 0 Å². The van der Waals surface area contributed by atoms with Crippen molar-refractivity contribution in [1.29, 1.82) is 0 Å². The molecule has 1 saturated carbocycles. The average molecular weight is 285 g/mol. The third-order valence-electron chi connectivity index (χ3n) is 3.90. The van der Waals surface area contributed by atoms with Gasteiger partial charge in [0.2, 0.25) is 0 Å². The summed E-state index contributed by atoms with van der Waals surface area (Å²) in [6, 6.07) is 8.74. The van der Waals surface area contributed by atoms with Crippen molar-refractivity contribution < 1.29 is 4.74 Å². The molecule has 1 aromatic heterocycles. The molecule has 0 saturated heterocycles. The summed E-state index contributed by atoms with van der Waals surface area (Å²) in [5.41, 5.74) is 3.54. The predicted molar refractivity (Wildman–Crippen MR) is 84.1 cm³/mol. The van der Waals surface area contributed by atoms with Gasteiger partial charge in [-0.3, -0.25) is 0 Å². The molecule has 4 heteroatoms. The van der Waals surface area contributed by atoms with E-state index in [1.165, 1.54) is 24.1 Å². The van der Waals surface area contributed by atoms with Crippen molar-refractivity contribution in [1.82, 2.24) is 15.1 Å². The van der Waals surface area contributed by atoms with Crippen LogP contribution in [-0.4, -0.2) is 22.9 Å². The van der Waals surface area contributed by atoms with Crippen molar-refractivity contribution >= 4 is 0 Å². The van der Waals surface area contributed by atoms with Crippen molar-refractivity contribution in [2.45, 2.75) is 45.2 Å². The summed E-state index contributed by atoms with van der Waals surface area (Å²) in [7, 11) is 1.70. The highest BCUT2D eigenvalue weighted by Crippen LogP contribution is 2.29. The van der Waals surface area contributed by atoms with Crippen LogP contribution in [0.5, 0.6) is 5.75 Å². The van der Waals surface area contributed by atoms with Crippen LogP contribution in [0.25, 0.3) is 5.69 Å². The van der Waals surface area contributed by atoms with Crippen molar-refractivity contribution in [3.63, 3.8) is 0 Å². The van der Waals surface area contributed by atoms with Crippen LogP contribution in [0.3, 0.4) is 0 Å². The van der Waals surface area contributed by atoms with Crippen LogP contribution in [-0.2, 0) is 6.54 Å². The fourth-order valence-electron chi connectivity index (χ4n) is 2.68. The van der Waals surface area contributed by atoms with E-state index in [0.29, 0.717) is 12.0 Å². The Morgan fingerprint density at radius 3 is 2.76 bits per heavy atom. The normalized spacial score (nSPS) is 14.7. The smallest absolute Gasteiger partial charge is 0.144 e. The second-order valence-corrected chi connectivity index (χ2v) is 5.95. The zero-order chi connectivity index (χ0) is 14.8. The second kappa shape index (κ2) is 5.90. The third kappa shape index (κ3) is 2.95. The van der Waals surface area contributed by atoms with Gasteiger partial charge in [-0.05, 0) is 30.9 Å². The van der Waals surface area contributed by atoms with Gasteiger partial charge in [0.05, 0.1) is 19.0 Å². The van der Waals surface area contributed by atoms with Crippen LogP contribution >= 0.6 is 0 Å². The van der Waals surface area contributed by atoms with Crippen molar-refractivity contribution in [2.24, 2.45) is 0 Å². The van der Waals surface area contributed by atoms with Crippen LogP contribution in [0, 0.1) is 0 Å². The Kier molecular flexibility index (Phi) is 3.97. The molecule has 1 aliphatic carbocycles. The molecule has 112 valence electrons. The summed E-state index contributed by atoms with van der Waals surface area (Å²) in [4.78, 5) is 0. The monoisotopic (exact) mass is 285 g/mol. The number of benzene rings is 1. The minimum atomic E-state index is 0.411. The molecule has 3 rings (SSSR count). The van der Waals surface area contributed by atoms with Gasteiger partial charge in [-0.15, -0.1) is 0 Å². The van der Waals surface area contributed by atoms with Gasteiger partial charge in [-0.1, -0.05) is 26.0 Å². The maximum absolute atomic E-state index is 5.48. The number of nitrogens with zero attached hydrogens (tertiary/aromatic N) is 2. The molecule has 21 heavy (non-hydrogen) atoms. The van der Waals surface area contributed by atoms with Crippen LogP contribution < -0.4 is 10.1 Å². The largest absolute Gasteiger partial charge is 0.494 e. The van der Waals surface area contributed by atoms with E-state index in [-0.39, 0.29) is 0 Å². The third-order valence-corrected chi connectivity index (χ3v) is 3.90. The molecule has 0 spiro atoms. The van der Waals surface area contributed by atoms with Crippen molar-refractivity contribution in [3.8, 4) is 11.4 Å². The van der Waals surface area contributed by atoms with Crippen LogP contribution in [0.15, 0.2) is 30.5 Å². The van der Waals surface area contributed by atoms with E-state index in [9.17, 15) is 0 Å². The molecule has 1 fully saturated rings. The Morgan fingerprint density at radius 2 is 2.10 bits per heavy atom. The average Bonchev–Trinajstić information content (AvgIpc) is 3.22. The molecule has 0 amide bonds. The number of ether oxygens (including phenoxy) is 1. The van der Waals surface area contributed by atoms with Gasteiger partial charge in [-0.2, -0.15) is 5.10 Å². The maximum atomic E-state index is 5.48. The van der Waals surface area contributed by atoms with Gasteiger partial charge in [0.25, 0.3) is 0 Å². The highest BCUT2D eigenvalue weighted by atomic mass is 16.5. The Hall–Kier alpha value is -1.81. The first-order chi connectivity index (χ1) is 10.2. The molecule has 4 nitrogen and oxygen atoms in total. The molecular weight excluding hydrogens is 262 g/mol. The Balaban J connectivity index is 1.97. The fraction of sp³-hybridized carbons (Fsp3) is 0.471. The first kappa shape index (κ1) is 14.1. The van der Waals surface area contributed by atoms with Crippen LogP contribution in [0.4, 0.5) is 0 Å². The SMILES string of the molecule is COc1ccccc1-n1ncc(CNC2CC2)c1C(C)C. The Morgan fingerprint density at radius 1 is 1.33 bits per heavy atom. The van der Waals surface area contributed by atoms with E-state index in [0.717, 1.165) is 18.0 Å². The number of aromatic nitrogens is 2. The molecule has 0 radical (unpaired) electrons. The highest BCUT2D eigenvalue weighted by Gasteiger charge is 2.22. The van der Waals surface area contributed by atoms with E-state index >= 15 is 0 Å². The van der Waals surface area contributed by atoms with Gasteiger partial charge in [0, 0.05) is 18.2 Å². The number of nitrogens with one attached hydrogen (secondary N) is 1. The Bertz CT molecular complexity index is 614. The summed E-state index contributed by atoms with van der Waals surface area (Å²) in [6.45, 7) is 5.32. The summed E-state index contributed by atoms with van der Waals surface area (Å²) >= 11 is 0. The number of hydrogen-bond donors (Lipinski definition) is 1. The lowest BCUT2D eigenvalue weighted by atomic mass is 10.1. The standard InChI is InChI=1S/C17H23N3O/c1-12(2)17-13(10-18-14-8-9-14)11-19-20(17)15-6-4-5-7-16(15)21-3/h4-7,11-12,14,18H,8-10H2,1-3H3. The van der Waals surface area contributed by atoms with E-state index in [1.54, 1.807) is 7.11 Å². The van der Waals surface area contributed by atoms with Gasteiger partial charge in [-0.25, -0.2) is 4.68 Å². The van der Waals surface area contributed by atoms with Crippen molar-refractivity contribution in [3.05, 3.63) is 41.7 Å². The lowest BCUT2D eigenvalue weighted by Crippen LogP contribution is -2.17. The molecule has 1 N–H and O–H groups in total. The number of methoxy groups -OCH3 is 1. The minimum Gasteiger partial charge on any atom is -0.494 e. The maximum Gasteiger partial charge on any atom is 0.144 e. The lowest BCUT2D eigenvalue weighted by Gasteiger charge is -2.15. The molecule has 0 bridgehead atoms. The molecule has 0 aliphatic heterocycles. The molecule has 1 aromatic carbocycles. The van der Waals surface area contributed by atoms with E-state index in [1.807, 2.05) is 29.1 Å². The minimum absolute atomic E-state index is 0.411. The molecule has 1 aliphatic rings. The second-order valence-electron chi connectivity index (χ2n) is 5.95.